The minimum Gasteiger partial charge on any atom is -0.396 e. The van der Waals surface area contributed by atoms with Gasteiger partial charge in [-0.2, -0.15) is 0 Å². The molecule has 0 radical (unpaired) electrons. The summed E-state index contributed by atoms with van der Waals surface area (Å²) in [6, 6.07) is 10.3. The Morgan fingerprint density at radius 3 is 2.54 bits per heavy atom. The molecule has 2 unspecified atom stereocenters. The molecule has 1 saturated carbocycles. The third-order valence-electron chi connectivity index (χ3n) is 3.17. The second kappa shape index (κ2) is 3.13. The van der Waals surface area contributed by atoms with Crippen molar-refractivity contribution in [3.63, 3.8) is 0 Å². The van der Waals surface area contributed by atoms with Gasteiger partial charge in [-0.05, 0) is 17.9 Å². The fourth-order valence-electron chi connectivity index (χ4n) is 2.11. The molecule has 1 aliphatic carbocycles. The van der Waals surface area contributed by atoms with Gasteiger partial charge in [0, 0.05) is 18.6 Å². The molecule has 13 heavy (non-hydrogen) atoms. The lowest BCUT2D eigenvalue weighted by molar-refractivity contribution is 0.264. The van der Waals surface area contributed by atoms with E-state index in [-0.39, 0.29) is 12.0 Å². The maximum absolute atomic E-state index is 9.08. The normalized spacial score (nSPS) is 31.7. The summed E-state index contributed by atoms with van der Waals surface area (Å²) in [7, 11) is 0. The highest BCUT2D eigenvalue weighted by Crippen LogP contribution is 2.52. The van der Waals surface area contributed by atoms with Crippen LogP contribution in [0.1, 0.15) is 12.0 Å². The summed E-state index contributed by atoms with van der Waals surface area (Å²) in [6.45, 7) is 0.897. The molecule has 2 rings (SSSR count). The van der Waals surface area contributed by atoms with Crippen molar-refractivity contribution < 1.29 is 5.11 Å². The van der Waals surface area contributed by atoms with E-state index in [1.54, 1.807) is 0 Å². The van der Waals surface area contributed by atoms with Crippen molar-refractivity contribution in [2.75, 3.05) is 13.2 Å². The molecule has 70 valence electrons. The third kappa shape index (κ3) is 1.26. The molecule has 0 spiro atoms. The molecule has 3 N–H and O–H groups in total. The largest absolute Gasteiger partial charge is 0.396 e. The van der Waals surface area contributed by atoms with Crippen LogP contribution in [0.4, 0.5) is 0 Å². The van der Waals surface area contributed by atoms with Crippen molar-refractivity contribution in [3.05, 3.63) is 35.9 Å². The van der Waals surface area contributed by atoms with Crippen LogP contribution in [0.2, 0.25) is 0 Å². The molecular formula is C11H15NO. The van der Waals surface area contributed by atoms with Gasteiger partial charge < -0.3 is 10.8 Å². The van der Waals surface area contributed by atoms with Gasteiger partial charge in [-0.1, -0.05) is 30.3 Å². The molecule has 0 heterocycles. The zero-order valence-corrected chi connectivity index (χ0v) is 7.61. The first-order valence-corrected chi connectivity index (χ1v) is 4.70. The van der Waals surface area contributed by atoms with Crippen LogP contribution in [-0.2, 0) is 5.41 Å². The van der Waals surface area contributed by atoms with E-state index in [9.17, 15) is 0 Å². The van der Waals surface area contributed by atoms with Gasteiger partial charge in [-0.15, -0.1) is 0 Å². The van der Waals surface area contributed by atoms with Gasteiger partial charge in [0.25, 0.3) is 0 Å². The number of hydrogen-bond acceptors (Lipinski definition) is 2. The van der Waals surface area contributed by atoms with Gasteiger partial charge in [-0.25, -0.2) is 0 Å². The number of benzene rings is 1. The average molecular weight is 177 g/mol. The van der Waals surface area contributed by atoms with Crippen LogP contribution >= 0.6 is 0 Å². The summed E-state index contributed by atoms with van der Waals surface area (Å²) in [5.41, 5.74) is 7.11. The molecule has 1 aromatic rings. The van der Waals surface area contributed by atoms with E-state index in [0.717, 1.165) is 6.42 Å². The van der Waals surface area contributed by atoms with Crippen molar-refractivity contribution in [2.24, 2.45) is 11.7 Å². The van der Waals surface area contributed by atoms with Gasteiger partial charge in [0.1, 0.15) is 0 Å². The van der Waals surface area contributed by atoms with Crippen LogP contribution in [-0.4, -0.2) is 18.3 Å². The molecule has 2 heteroatoms. The first kappa shape index (κ1) is 8.73. The Morgan fingerprint density at radius 2 is 2.08 bits per heavy atom. The lowest BCUT2D eigenvalue weighted by Gasteiger charge is -2.14. The van der Waals surface area contributed by atoms with E-state index in [2.05, 4.69) is 12.1 Å². The molecule has 0 amide bonds. The second-order valence-corrected chi connectivity index (χ2v) is 3.81. The fraction of sp³-hybridized carbons (Fsp3) is 0.455. The summed E-state index contributed by atoms with van der Waals surface area (Å²) in [4.78, 5) is 0. The highest BCUT2D eigenvalue weighted by Gasteiger charge is 2.53. The Morgan fingerprint density at radius 1 is 1.38 bits per heavy atom. The van der Waals surface area contributed by atoms with Crippen LogP contribution in [0.3, 0.4) is 0 Å². The van der Waals surface area contributed by atoms with Crippen LogP contribution in [0, 0.1) is 5.92 Å². The van der Waals surface area contributed by atoms with Gasteiger partial charge in [0.15, 0.2) is 0 Å². The predicted octanol–water partition coefficient (Wildman–Crippen LogP) is 0.895. The summed E-state index contributed by atoms with van der Waals surface area (Å²) in [5.74, 6) is 0.375. The lowest BCUT2D eigenvalue weighted by Crippen LogP contribution is -2.23. The summed E-state index contributed by atoms with van der Waals surface area (Å²) < 4.78 is 0. The van der Waals surface area contributed by atoms with Gasteiger partial charge >= 0.3 is 0 Å². The zero-order valence-electron chi connectivity index (χ0n) is 7.61. The van der Waals surface area contributed by atoms with E-state index < -0.39 is 0 Å². The number of hydrogen-bond donors (Lipinski definition) is 2. The third-order valence-corrected chi connectivity index (χ3v) is 3.17. The van der Waals surface area contributed by atoms with Crippen molar-refractivity contribution in [1.82, 2.24) is 0 Å². The Bertz CT molecular complexity index is 285. The minimum absolute atomic E-state index is 0.0794. The van der Waals surface area contributed by atoms with E-state index in [1.807, 2.05) is 18.2 Å². The molecule has 1 fully saturated rings. The average Bonchev–Trinajstić information content (AvgIpc) is 2.94. The fourth-order valence-corrected chi connectivity index (χ4v) is 2.11. The van der Waals surface area contributed by atoms with E-state index >= 15 is 0 Å². The van der Waals surface area contributed by atoms with Crippen LogP contribution in [0.15, 0.2) is 30.3 Å². The van der Waals surface area contributed by atoms with Crippen molar-refractivity contribution >= 4 is 0 Å². The van der Waals surface area contributed by atoms with E-state index in [0.29, 0.717) is 12.5 Å². The SMILES string of the molecule is NCC1(c2ccccc2)CC1CO. The molecule has 0 aromatic heterocycles. The van der Waals surface area contributed by atoms with Gasteiger partial charge in [-0.3, -0.25) is 0 Å². The first-order chi connectivity index (χ1) is 6.33. The van der Waals surface area contributed by atoms with Gasteiger partial charge in [0.05, 0.1) is 0 Å². The molecule has 1 aromatic carbocycles. The van der Waals surface area contributed by atoms with Crippen LogP contribution in [0.5, 0.6) is 0 Å². The Labute approximate surface area is 78.4 Å². The summed E-state index contributed by atoms with van der Waals surface area (Å²) >= 11 is 0. The summed E-state index contributed by atoms with van der Waals surface area (Å²) in [5, 5.41) is 9.08. The van der Waals surface area contributed by atoms with Crippen LogP contribution < -0.4 is 5.73 Å². The van der Waals surface area contributed by atoms with Crippen molar-refractivity contribution in [3.8, 4) is 0 Å². The molecule has 0 saturated heterocycles. The van der Waals surface area contributed by atoms with Crippen molar-refractivity contribution in [2.45, 2.75) is 11.8 Å². The zero-order chi connectivity index (χ0) is 9.31. The van der Waals surface area contributed by atoms with E-state index in [4.69, 9.17) is 10.8 Å². The van der Waals surface area contributed by atoms with Crippen LogP contribution in [0.25, 0.3) is 0 Å². The Kier molecular flexibility index (Phi) is 2.10. The lowest BCUT2D eigenvalue weighted by atomic mass is 9.93. The minimum atomic E-state index is 0.0794. The summed E-state index contributed by atoms with van der Waals surface area (Å²) in [6.07, 6.45) is 1.03. The highest BCUT2D eigenvalue weighted by molar-refractivity contribution is 5.34. The molecule has 2 nitrogen and oxygen atoms in total. The monoisotopic (exact) mass is 177 g/mol. The van der Waals surface area contributed by atoms with Crippen molar-refractivity contribution in [1.29, 1.82) is 0 Å². The Balaban J connectivity index is 2.25. The number of aliphatic hydroxyl groups excluding tert-OH is 1. The highest BCUT2D eigenvalue weighted by atomic mass is 16.3. The Hall–Kier alpha value is -0.860. The first-order valence-electron chi connectivity index (χ1n) is 4.70. The maximum Gasteiger partial charge on any atom is 0.0468 e. The topological polar surface area (TPSA) is 46.2 Å². The molecular weight excluding hydrogens is 162 g/mol. The number of nitrogens with two attached hydrogens (primary N) is 1. The standard InChI is InChI=1S/C11H15NO/c12-8-11(6-10(11)7-13)9-4-2-1-3-5-9/h1-5,10,13H,6-8,12H2. The van der Waals surface area contributed by atoms with E-state index in [1.165, 1.54) is 5.56 Å². The predicted molar refractivity (Wildman–Crippen MR) is 52.4 cm³/mol. The maximum atomic E-state index is 9.08. The quantitative estimate of drug-likeness (QED) is 0.720. The molecule has 2 atom stereocenters. The molecule has 0 bridgehead atoms. The van der Waals surface area contributed by atoms with Gasteiger partial charge in [0.2, 0.25) is 0 Å². The number of rotatable bonds is 3. The molecule has 1 aliphatic rings. The second-order valence-electron chi connectivity index (χ2n) is 3.81. The smallest absolute Gasteiger partial charge is 0.0468 e. The molecule has 0 aliphatic heterocycles. The number of aliphatic hydroxyl groups is 1.